The maximum absolute atomic E-state index is 12.2. The second-order valence-electron chi connectivity index (χ2n) is 5.94. The molecule has 0 aliphatic carbocycles. The molecule has 136 valence electrons. The Morgan fingerprint density at radius 1 is 1.12 bits per heavy atom. The number of nitrogens with one attached hydrogen (secondary N) is 1. The predicted molar refractivity (Wildman–Crippen MR) is 110 cm³/mol. The summed E-state index contributed by atoms with van der Waals surface area (Å²) in [6.45, 7) is 1.08. The zero-order valence-electron chi connectivity index (χ0n) is 14.5. The molecule has 0 radical (unpaired) electrons. The maximum Gasteiger partial charge on any atom is 0.237 e. The van der Waals surface area contributed by atoms with E-state index in [1.165, 1.54) is 5.56 Å². The first-order valence-corrected chi connectivity index (χ1v) is 10.8. The maximum atomic E-state index is 12.2. The minimum Gasteiger partial charge on any atom is -0.355 e. The van der Waals surface area contributed by atoms with Crippen LogP contribution in [0.25, 0.3) is 0 Å². The highest BCUT2D eigenvalue weighted by Crippen LogP contribution is 2.34. The Morgan fingerprint density at radius 3 is 2.73 bits per heavy atom. The summed E-state index contributed by atoms with van der Waals surface area (Å²) in [5, 5.41) is 2.94. The van der Waals surface area contributed by atoms with Gasteiger partial charge in [0, 0.05) is 35.9 Å². The Hall–Kier alpha value is -1.92. The number of amides is 2. The topological polar surface area (TPSA) is 49.4 Å². The molecule has 6 heteroatoms. The molecular weight excluding hydrogens is 364 g/mol. The first-order chi connectivity index (χ1) is 12.7. The van der Waals surface area contributed by atoms with Crippen LogP contribution >= 0.6 is 23.5 Å². The lowest BCUT2D eigenvalue weighted by Crippen LogP contribution is -2.38. The van der Waals surface area contributed by atoms with Gasteiger partial charge in [0.1, 0.15) is 0 Å². The van der Waals surface area contributed by atoms with Crippen molar-refractivity contribution in [2.75, 3.05) is 29.5 Å². The molecule has 0 atom stereocenters. The number of carbonyl (C=O) groups excluding carboxylic acids is 2. The van der Waals surface area contributed by atoms with Crippen LogP contribution in [-0.4, -0.2) is 36.4 Å². The highest BCUT2D eigenvalue weighted by molar-refractivity contribution is 8.00. The standard InChI is InChI=1S/C20H22N2O2S2/c23-19(21-11-13-25-14-16-6-2-1-3-7-16)10-12-22-17-8-4-5-9-18(17)26-15-20(22)24/h1-9H,10-15H2,(H,21,23). The number of thioether (sulfide) groups is 2. The summed E-state index contributed by atoms with van der Waals surface area (Å²) in [6, 6.07) is 18.2. The van der Waals surface area contributed by atoms with Gasteiger partial charge in [-0.2, -0.15) is 11.8 Å². The van der Waals surface area contributed by atoms with E-state index in [1.807, 2.05) is 42.5 Å². The van der Waals surface area contributed by atoms with Crippen LogP contribution in [0.1, 0.15) is 12.0 Å². The number of nitrogens with zero attached hydrogens (tertiary/aromatic N) is 1. The quantitative estimate of drug-likeness (QED) is 0.705. The summed E-state index contributed by atoms with van der Waals surface area (Å²) in [6.07, 6.45) is 0.327. The van der Waals surface area contributed by atoms with Gasteiger partial charge < -0.3 is 10.2 Å². The van der Waals surface area contributed by atoms with Crippen molar-refractivity contribution in [3.8, 4) is 0 Å². The second kappa shape index (κ2) is 9.69. The number of rotatable bonds is 8. The third kappa shape index (κ3) is 5.29. The van der Waals surface area contributed by atoms with Gasteiger partial charge in [-0.1, -0.05) is 42.5 Å². The fraction of sp³-hybridized carbons (Fsp3) is 0.300. The Morgan fingerprint density at radius 2 is 1.88 bits per heavy atom. The largest absolute Gasteiger partial charge is 0.355 e. The Kier molecular flexibility index (Phi) is 7.03. The Labute approximate surface area is 162 Å². The molecule has 2 aromatic carbocycles. The number of benzene rings is 2. The van der Waals surface area contributed by atoms with Gasteiger partial charge in [-0.05, 0) is 17.7 Å². The summed E-state index contributed by atoms with van der Waals surface area (Å²) >= 11 is 3.36. The minimum atomic E-state index is -0.00572. The van der Waals surface area contributed by atoms with Crippen LogP contribution in [0.5, 0.6) is 0 Å². The molecule has 1 N–H and O–H groups in total. The lowest BCUT2D eigenvalue weighted by atomic mass is 10.2. The molecule has 3 rings (SSSR count). The molecule has 26 heavy (non-hydrogen) atoms. The van der Waals surface area contributed by atoms with Crippen LogP contribution in [-0.2, 0) is 15.3 Å². The van der Waals surface area contributed by atoms with E-state index < -0.39 is 0 Å². The molecule has 0 bridgehead atoms. The van der Waals surface area contributed by atoms with Gasteiger partial charge in [0.05, 0.1) is 11.4 Å². The molecule has 0 unspecified atom stereocenters. The molecule has 0 spiro atoms. The molecule has 1 aliphatic rings. The van der Waals surface area contributed by atoms with Crippen LogP contribution in [0.3, 0.4) is 0 Å². The number of hydrogen-bond donors (Lipinski definition) is 1. The van der Waals surface area contributed by atoms with Gasteiger partial charge >= 0.3 is 0 Å². The highest BCUT2D eigenvalue weighted by atomic mass is 32.2. The number of fused-ring (bicyclic) bond motifs is 1. The lowest BCUT2D eigenvalue weighted by Gasteiger charge is -2.28. The van der Waals surface area contributed by atoms with Crippen LogP contribution in [0.2, 0.25) is 0 Å². The molecular formula is C20H22N2O2S2. The molecule has 0 aromatic heterocycles. The second-order valence-corrected chi connectivity index (χ2v) is 8.06. The zero-order chi connectivity index (χ0) is 18.2. The third-order valence-corrected chi connectivity index (χ3v) is 6.13. The summed E-state index contributed by atoms with van der Waals surface area (Å²) < 4.78 is 0. The average molecular weight is 387 g/mol. The molecule has 0 fully saturated rings. The predicted octanol–water partition coefficient (Wildman–Crippen LogP) is 3.57. The van der Waals surface area contributed by atoms with Gasteiger partial charge in [-0.25, -0.2) is 0 Å². The van der Waals surface area contributed by atoms with Crippen molar-refractivity contribution in [2.45, 2.75) is 17.1 Å². The molecule has 2 aromatic rings. The number of hydrogen-bond acceptors (Lipinski definition) is 4. The highest BCUT2D eigenvalue weighted by Gasteiger charge is 2.24. The smallest absolute Gasteiger partial charge is 0.237 e. The van der Waals surface area contributed by atoms with E-state index in [0.29, 0.717) is 25.3 Å². The van der Waals surface area contributed by atoms with Gasteiger partial charge in [-0.3, -0.25) is 9.59 Å². The first-order valence-electron chi connectivity index (χ1n) is 8.64. The number of para-hydroxylation sites is 1. The van der Waals surface area contributed by atoms with E-state index in [4.69, 9.17) is 0 Å². The SMILES string of the molecule is O=C(CCN1C(=O)CSc2ccccc21)NCCSCc1ccccc1. The monoisotopic (exact) mass is 386 g/mol. The van der Waals surface area contributed by atoms with E-state index in [-0.39, 0.29) is 11.8 Å². The van der Waals surface area contributed by atoms with E-state index in [9.17, 15) is 9.59 Å². The van der Waals surface area contributed by atoms with E-state index in [1.54, 1.807) is 28.4 Å². The average Bonchev–Trinajstić information content (AvgIpc) is 2.68. The van der Waals surface area contributed by atoms with Crippen molar-refractivity contribution in [1.82, 2.24) is 5.32 Å². The van der Waals surface area contributed by atoms with Gasteiger partial charge in [0.2, 0.25) is 11.8 Å². The van der Waals surface area contributed by atoms with Crippen molar-refractivity contribution in [3.05, 3.63) is 60.2 Å². The molecule has 1 heterocycles. The van der Waals surface area contributed by atoms with E-state index >= 15 is 0 Å². The third-order valence-electron chi connectivity index (χ3n) is 4.05. The van der Waals surface area contributed by atoms with Crippen molar-refractivity contribution < 1.29 is 9.59 Å². The van der Waals surface area contributed by atoms with Crippen molar-refractivity contribution >= 4 is 41.0 Å². The lowest BCUT2D eigenvalue weighted by molar-refractivity contribution is -0.120. The van der Waals surface area contributed by atoms with E-state index in [0.717, 1.165) is 22.1 Å². The van der Waals surface area contributed by atoms with Gasteiger partial charge in [0.15, 0.2) is 0 Å². The molecule has 0 saturated heterocycles. The molecule has 0 saturated carbocycles. The van der Waals surface area contributed by atoms with Crippen LogP contribution < -0.4 is 10.2 Å². The fourth-order valence-electron chi connectivity index (χ4n) is 2.73. The summed E-state index contributed by atoms with van der Waals surface area (Å²) in [7, 11) is 0. The fourth-order valence-corrected chi connectivity index (χ4v) is 4.48. The van der Waals surface area contributed by atoms with Crippen molar-refractivity contribution in [1.29, 1.82) is 0 Å². The Balaban J connectivity index is 1.37. The van der Waals surface area contributed by atoms with E-state index in [2.05, 4.69) is 17.4 Å². The zero-order valence-corrected chi connectivity index (χ0v) is 16.2. The van der Waals surface area contributed by atoms with Crippen molar-refractivity contribution in [2.24, 2.45) is 0 Å². The Bertz CT molecular complexity index is 752. The minimum absolute atomic E-state index is 0.00572. The summed E-state index contributed by atoms with van der Waals surface area (Å²) in [4.78, 5) is 27.1. The summed E-state index contributed by atoms with van der Waals surface area (Å²) in [5.74, 6) is 2.33. The molecule has 4 nitrogen and oxygen atoms in total. The van der Waals surface area contributed by atoms with Crippen LogP contribution in [0.15, 0.2) is 59.5 Å². The van der Waals surface area contributed by atoms with Crippen molar-refractivity contribution in [3.63, 3.8) is 0 Å². The van der Waals surface area contributed by atoms with Gasteiger partial charge in [0.25, 0.3) is 0 Å². The number of anilines is 1. The van der Waals surface area contributed by atoms with Gasteiger partial charge in [-0.15, -0.1) is 11.8 Å². The first kappa shape index (κ1) is 18.9. The van der Waals surface area contributed by atoms with Crippen LogP contribution in [0, 0.1) is 0 Å². The number of carbonyl (C=O) groups is 2. The molecule has 1 aliphatic heterocycles. The molecule has 2 amide bonds. The van der Waals surface area contributed by atoms with Crippen LogP contribution in [0.4, 0.5) is 5.69 Å². The normalized spacial score (nSPS) is 13.4. The summed E-state index contributed by atoms with van der Waals surface area (Å²) in [5.41, 5.74) is 2.21.